The predicted octanol–water partition coefficient (Wildman–Crippen LogP) is -1.03. The van der Waals surface area contributed by atoms with Crippen molar-refractivity contribution in [3.8, 4) is 0 Å². The Bertz CT molecular complexity index is 257. The van der Waals surface area contributed by atoms with Gasteiger partial charge in [-0.1, -0.05) is 0 Å². The zero-order valence-electron chi connectivity index (χ0n) is 9.66. The van der Waals surface area contributed by atoms with Gasteiger partial charge in [0.1, 0.15) is 0 Å². The van der Waals surface area contributed by atoms with E-state index in [-0.39, 0.29) is 17.9 Å². The van der Waals surface area contributed by atoms with Crippen LogP contribution in [0.5, 0.6) is 0 Å². The third kappa shape index (κ3) is 4.59. The number of carbonyl (C=O) groups is 2. The van der Waals surface area contributed by atoms with Crippen LogP contribution in [-0.4, -0.2) is 42.4 Å². The molecule has 6 heteroatoms. The number of rotatable bonds is 5. The summed E-state index contributed by atoms with van der Waals surface area (Å²) in [6.07, 6.45) is 2.25. The maximum atomic E-state index is 10.9. The molecule has 0 aliphatic carbocycles. The van der Waals surface area contributed by atoms with Gasteiger partial charge < -0.3 is 10.2 Å². The lowest BCUT2D eigenvalue weighted by atomic mass is 10.2. The van der Waals surface area contributed by atoms with Crippen LogP contribution in [0.1, 0.15) is 26.2 Å². The number of hydrazine groups is 1. The molecule has 0 spiro atoms. The molecule has 2 amide bonds. The fourth-order valence-corrected chi connectivity index (χ4v) is 1.98. The van der Waals surface area contributed by atoms with Gasteiger partial charge in [-0.15, -0.1) is 0 Å². The smallest absolute Gasteiger partial charge is 0.233 e. The fourth-order valence-electron chi connectivity index (χ4n) is 1.98. The van der Waals surface area contributed by atoms with Crippen molar-refractivity contribution in [2.24, 2.45) is 5.84 Å². The molecule has 0 aromatic rings. The standard InChI is InChI=1S/C10H20N4O2/c1-8(15)12-9-4-6-14(7-9)5-2-3-10(16)13-11/h9H,2-7,11H2,1H3,(H,12,15)(H,13,16). The largest absolute Gasteiger partial charge is 0.352 e. The van der Waals surface area contributed by atoms with Crippen molar-refractivity contribution >= 4 is 11.8 Å². The summed E-state index contributed by atoms with van der Waals surface area (Å²) >= 11 is 0. The Kier molecular flexibility index (Phi) is 5.21. The first kappa shape index (κ1) is 12.9. The molecule has 0 radical (unpaired) electrons. The minimum Gasteiger partial charge on any atom is -0.352 e. The summed E-state index contributed by atoms with van der Waals surface area (Å²) in [6.45, 7) is 4.27. The van der Waals surface area contributed by atoms with E-state index >= 15 is 0 Å². The normalized spacial score (nSPS) is 20.8. The van der Waals surface area contributed by atoms with Crippen molar-refractivity contribution in [2.45, 2.75) is 32.2 Å². The van der Waals surface area contributed by atoms with Gasteiger partial charge in [-0.25, -0.2) is 5.84 Å². The average molecular weight is 228 g/mol. The number of nitrogens with one attached hydrogen (secondary N) is 2. The molecule has 6 nitrogen and oxygen atoms in total. The molecule has 1 aliphatic rings. The molecule has 0 aromatic heterocycles. The van der Waals surface area contributed by atoms with Gasteiger partial charge in [0, 0.05) is 32.5 Å². The van der Waals surface area contributed by atoms with Crippen LogP contribution < -0.4 is 16.6 Å². The lowest BCUT2D eigenvalue weighted by Gasteiger charge is -2.15. The number of nitrogens with two attached hydrogens (primary N) is 1. The third-order valence-electron chi connectivity index (χ3n) is 2.72. The lowest BCUT2D eigenvalue weighted by Crippen LogP contribution is -2.36. The van der Waals surface area contributed by atoms with E-state index in [1.807, 2.05) is 0 Å². The lowest BCUT2D eigenvalue weighted by molar-refractivity contribution is -0.121. The Hall–Kier alpha value is -1.14. The van der Waals surface area contributed by atoms with Crippen LogP contribution in [0, 0.1) is 0 Å². The highest BCUT2D eigenvalue weighted by atomic mass is 16.2. The number of likely N-dealkylation sites (tertiary alicyclic amines) is 1. The summed E-state index contributed by atoms with van der Waals surface area (Å²) in [5, 5.41) is 2.90. The molecule has 0 aromatic carbocycles. The summed E-state index contributed by atoms with van der Waals surface area (Å²) in [7, 11) is 0. The molecular formula is C10H20N4O2. The number of hydrogen-bond donors (Lipinski definition) is 3. The Morgan fingerprint density at radius 2 is 2.25 bits per heavy atom. The number of carbonyl (C=O) groups excluding carboxylic acids is 2. The Labute approximate surface area is 95.5 Å². The van der Waals surface area contributed by atoms with E-state index in [0.717, 1.165) is 32.5 Å². The third-order valence-corrected chi connectivity index (χ3v) is 2.72. The van der Waals surface area contributed by atoms with Crippen molar-refractivity contribution < 1.29 is 9.59 Å². The second-order valence-electron chi connectivity index (χ2n) is 4.16. The number of nitrogens with zero attached hydrogens (tertiary/aromatic N) is 1. The molecule has 16 heavy (non-hydrogen) atoms. The molecule has 1 rings (SSSR count). The van der Waals surface area contributed by atoms with Crippen LogP contribution in [0.2, 0.25) is 0 Å². The second kappa shape index (κ2) is 6.44. The first-order chi connectivity index (χ1) is 7.61. The molecule has 1 aliphatic heterocycles. The van der Waals surface area contributed by atoms with Crippen molar-refractivity contribution in [3.05, 3.63) is 0 Å². The first-order valence-corrected chi connectivity index (χ1v) is 5.60. The average Bonchev–Trinajstić information content (AvgIpc) is 2.64. The zero-order valence-corrected chi connectivity index (χ0v) is 9.66. The van der Waals surface area contributed by atoms with Gasteiger partial charge in [-0.2, -0.15) is 0 Å². The van der Waals surface area contributed by atoms with Crippen LogP contribution in [-0.2, 0) is 9.59 Å². The molecule has 0 bridgehead atoms. The summed E-state index contributed by atoms with van der Waals surface area (Å²) in [5.41, 5.74) is 2.11. The van der Waals surface area contributed by atoms with Gasteiger partial charge in [0.25, 0.3) is 0 Å². The van der Waals surface area contributed by atoms with E-state index in [1.165, 1.54) is 6.92 Å². The minimum absolute atomic E-state index is 0.0226. The predicted molar refractivity (Wildman–Crippen MR) is 60.2 cm³/mol. The van der Waals surface area contributed by atoms with Crippen LogP contribution >= 0.6 is 0 Å². The molecule has 4 N–H and O–H groups in total. The fraction of sp³-hybridized carbons (Fsp3) is 0.800. The minimum atomic E-state index is -0.127. The Morgan fingerprint density at radius 3 is 2.88 bits per heavy atom. The molecule has 1 fully saturated rings. The van der Waals surface area contributed by atoms with Crippen LogP contribution in [0.25, 0.3) is 0 Å². The Morgan fingerprint density at radius 1 is 1.50 bits per heavy atom. The van der Waals surface area contributed by atoms with Gasteiger partial charge in [-0.05, 0) is 19.4 Å². The highest BCUT2D eigenvalue weighted by molar-refractivity contribution is 5.75. The van der Waals surface area contributed by atoms with Gasteiger partial charge in [0.2, 0.25) is 11.8 Å². The van der Waals surface area contributed by atoms with Crippen LogP contribution in [0.4, 0.5) is 0 Å². The van der Waals surface area contributed by atoms with E-state index in [0.29, 0.717) is 6.42 Å². The quantitative estimate of drug-likeness (QED) is 0.319. The molecule has 1 atom stereocenters. The van der Waals surface area contributed by atoms with Crippen molar-refractivity contribution in [2.75, 3.05) is 19.6 Å². The molecular weight excluding hydrogens is 208 g/mol. The van der Waals surface area contributed by atoms with Crippen molar-refractivity contribution in [3.63, 3.8) is 0 Å². The molecule has 1 saturated heterocycles. The van der Waals surface area contributed by atoms with Gasteiger partial charge in [0.15, 0.2) is 0 Å². The van der Waals surface area contributed by atoms with Crippen LogP contribution in [0.15, 0.2) is 0 Å². The van der Waals surface area contributed by atoms with Crippen molar-refractivity contribution in [1.82, 2.24) is 15.6 Å². The Balaban J connectivity index is 2.12. The van der Waals surface area contributed by atoms with E-state index in [1.54, 1.807) is 0 Å². The SMILES string of the molecule is CC(=O)NC1CCN(CCCC(=O)NN)C1. The summed E-state index contributed by atoms with van der Waals surface area (Å²) in [5.74, 6) is 4.88. The molecule has 0 saturated carbocycles. The highest BCUT2D eigenvalue weighted by Gasteiger charge is 2.22. The summed E-state index contributed by atoms with van der Waals surface area (Å²) in [4.78, 5) is 24.0. The van der Waals surface area contributed by atoms with E-state index < -0.39 is 0 Å². The van der Waals surface area contributed by atoms with E-state index in [4.69, 9.17) is 5.84 Å². The van der Waals surface area contributed by atoms with Gasteiger partial charge in [0.05, 0.1) is 0 Å². The summed E-state index contributed by atoms with van der Waals surface area (Å²) < 4.78 is 0. The molecule has 1 heterocycles. The zero-order chi connectivity index (χ0) is 12.0. The first-order valence-electron chi connectivity index (χ1n) is 5.60. The maximum absolute atomic E-state index is 10.9. The number of hydrogen-bond acceptors (Lipinski definition) is 4. The van der Waals surface area contributed by atoms with E-state index in [9.17, 15) is 9.59 Å². The van der Waals surface area contributed by atoms with Gasteiger partial charge in [-0.3, -0.25) is 15.0 Å². The second-order valence-corrected chi connectivity index (χ2v) is 4.16. The summed E-state index contributed by atoms with van der Waals surface area (Å²) in [6, 6.07) is 0.265. The number of amides is 2. The topological polar surface area (TPSA) is 87.5 Å². The maximum Gasteiger partial charge on any atom is 0.233 e. The van der Waals surface area contributed by atoms with Crippen LogP contribution in [0.3, 0.4) is 0 Å². The monoisotopic (exact) mass is 228 g/mol. The van der Waals surface area contributed by atoms with E-state index in [2.05, 4.69) is 15.6 Å². The molecule has 1 unspecified atom stereocenters. The van der Waals surface area contributed by atoms with Gasteiger partial charge >= 0.3 is 0 Å². The molecule has 92 valence electrons. The van der Waals surface area contributed by atoms with Crippen molar-refractivity contribution in [1.29, 1.82) is 0 Å². The highest BCUT2D eigenvalue weighted by Crippen LogP contribution is 2.09.